The average Bonchev–Trinajstić information content (AvgIpc) is 3.96. The molecule has 3 aliphatic carbocycles. The van der Waals surface area contributed by atoms with Gasteiger partial charge in [0, 0.05) is 23.6 Å². The van der Waals surface area contributed by atoms with Gasteiger partial charge in [0.05, 0.1) is 40.9 Å². The van der Waals surface area contributed by atoms with E-state index in [2.05, 4.69) is 19.8 Å². The third kappa shape index (κ3) is 8.51. The Balaban J connectivity index is 1.16. The van der Waals surface area contributed by atoms with E-state index >= 15 is 8.78 Å². The zero-order valence-corrected chi connectivity index (χ0v) is 34.7. The minimum absolute atomic E-state index is 0.0210. The van der Waals surface area contributed by atoms with Crippen molar-refractivity contribution in [2.75, 3.05) is 6.54 Å². The number of nitrogens with one attached hydrogen (secondary N) is 2. The molecule has 0 unspecified atom stereocenters. The van der Waals surface area contributed by atoms with E-state index in [1.807, 2.05) is 6.08 Å². The SMILES string of the molecule is Cc1nc2ccc(OC(F)(F)F)cc2c2c1O[C@@]1(C[C@H]3C(=O)N[C@]4(C(=O)NS(=O)(=O)C5(C)CC5)C[C@H]4/C=C\CCCCC[C@H](CC(=O)OC4CCCC4)C(=O)N3C1)CC2(F)F. The van der Waals surface area contributed by atoms with E-state index in [0.29, 0.717) is 51.4 Å². The summed E-state index contributed by atoms with van der Waals surface area (Å²) < 4.78 is 117. The highest BCUT2D eigenvalue weighted by molar-refractivity contribution is 7.91. The summed E-state index contributed by atoms with van der Waals surface area (Å²) in [6.07, 6.45) is 2.87. The van der Waals surface area contributed by atoms with Gasteiger partial charge in [-0.1, -0.05) is 25.0 Å². The van der Waals surface area contributed by atoms with Gasteiger partial charge in [-0.15, -0.1) is 13.2 Å². The van der Waals surface area contributed by atoms with Gasteiger partial charge in [-0.05, 0) is 96.3 Å². The summed E-state index contributed by atoms with van der Waals surface area (Å²) in [5.74, 6) is -9.75. The predicted molar refractivity (Wildman–Crippen MR) is 208 cm³/mol. The molecule has 6 aliphatic rings. The number of hydrogen-bond donors (Lipinski definition) is 2. The van der Waals surface area contributed by atoms with Gasteiger partial charge in [0.25, 0.3) is 11.8 Å². The maximum Gasteiger partial charge on any atom is 0.573 e. The maximum absolute atomic E-state index is 16.9. The van der Waals surface area contributed by atoms with Gasteiger partial charge in [0.15, 0.2) is 5.75 Å². The first-order valence-electron chi connectivity index (χ1n) is 21.0. The molecule has 19 heteroatoms. The van der Waals surface area contributed by atoms with Crippen molar-refractivity contribution < 1.29 is 63.8 Å². The number of hydrogen-bond acceptors (Lipinski definition) is 10. The fraction of sp³-hybridized carbons (Fsp3) is 0.643. The fourth-order valence-electron chi connectivity index (χ4n) is 9.54. The highest BCUT2D eigenvalue weighted by Gasteiger charge is 2.65. The number of esters is 1. The van der Waals surface area contributed by atoms with E-state index in [4.69, 9.17) is 9.47 Å². The average molecular weight is 881 g/mol. The molecular formula is C42H49F5N4O9S. The lowest BCUT2D eigenvalue weighted by atomic mass is 9.84. The third-order valence-corrected chi connectivity index (χ3v) is 15.4. The Morgan fingerprint density at radius 2 is 1.77 bits per heavy atom. The van der Waals surface area contributed by atoms with E-state index in [9.17, 15) is 40.8 Å². The van der Waals surface area contributed by atoms with Crippen LogP contribution in [0.15, 0.2) is 30.4 Å². The van der Waals surface area contributed by atoms with Crippen molar-refractivity contribution in [1.82, 2.24) is 19.9 Å². The first-order chi connectivity index (χ1) is 28.6. The molecule has 1 aromatic carbocycles. The van der Waals surface area contributed by atoms with Gasteiger partial charge in [0.1, 0.15) is 29.0 Å². The summed E-state index contributed by atoms with van der Waals surface area (Å²) in [4.78, 5) is 62.2. The highest BCUT2D eigenvalue weighted by Crippen LogP contribution is 2.55. The quantitative estimate of drug-likeness (QED) is 0.177. The summed E-state index contributed by atoms with van der Waals surface area (Å²) in [5, 5.41) is 2.39. The molecule has 1 spiro atoms. The molecule has 4 fully saturated rings. The number of aryl methyl sites for hydroxylation is 1. The van der Waals surface area contributed by atoms with Crippen LogP contribution in [0.1, 0.15) is 114 Å². The van der Waals surface area contributed by atoms with Crippen molar-refractivity contribution in [1.29, 1.82) is 0 Å². The number of nitrogens with zero attached hydrogens (tertiary/aromatic N) is 2. The normalized spacial score (nSPS) is 30.5. The van der Waals surface area contributed by atoms with Gasteiger partial charge in [-0.25, -0.2) is 22.2 Å². The van der Waals surface area contributed by atoms with Crippen molar-refractivity contribution in [3.8, 4) is 11.5 Å². The molecule has 3 saturated carbocycles. The van der Waals surface area contributed by atoms with E-state index < -0.39 is 116 Å². The molecule has 0 bridgehead atoms. The number of benzene rings is 1. The largest absolute Gasteiger partial charge is 0.573 e. The number of halogens is 5. The summed E-state index contributed by atoms with van der Waals surface area (Å²) in [5.41, 5.74) is -4.49. The molecule has 1 aromatic heterocycles. The topological polar surface area (TPSA) is 170 Å². The van der Waals surface area contributed by atoms with Crippen molar-refractivity contribution in [3.63, 3.8) is 0 Å². The lowest BCUT2D eigenvalue weighted by Gasteiger charge is -2.40. The second-order valence-corrected chi connectivity index (χ2v) is 20.2. The zero-order valence-electron chi connectivity index (χ0n) is 33.9. The number of aromatic nitrogens is 1. The van der Waals surface area contributed by atoms with E-state index in [0.717, 1.165) is 35.9 Å². The van der Waals surface area contributed by atoms with Gasteiger partial charge < -0.3 is 24.4 Å². The van der Waals surface area contributed by atoms with Crippen LogP contribution in [0.5, 0.6) is 11.5 Å². The van der Waals surface area contributed by atoms with Crippen LogP contribution < -0.4 is 19.5 Å². The van der Waals surface area contributed by atoms with Crippen LogP contribution in [0, 0.1) is 18.8 Å². The molecule has 8 rings (SSSR count). The molecule has 1 saturated heterocycles. The molecule has 61 heavy (non-hydrogen) atoms. The third-order valence-electron chi connectivity index (χ3n) is 13.3. The second-order valence-electron chi connectivity index (χ2n) is 18.0. The van der Waals surface area contributed by atoms with Crippen molar-refractivity contribution >= 4 is 44.6 Å². The van der Waals surface area contributed by atoms with Crippen LogP contribution in [0.3, 0.4) is 0 Å². The lowest BCUT2D eigenvalue weighted by Crippen LogP contribution is -2.57. The maximum atomic E-state index is 16.9. The molecular weight excluding hydrogens is 832 g/mol. The highest BCUT2D eigenvalue weighted by atomic mass is 32.2. The molecule has 2 N–H and O–H groups in total. The standard InChI is InChI=1S/C42H49F5N4O9S/c1-24-34-33(29-19-28(59-42(45,46)47)14-15-30(29)48-24)41(43,44)22-39(60-34)21-31-35(53)49-40(37(55)50-61(56,57)38(2)16-17-38)20-26(40)11-7-5-3-4-6-10-25(36(54)51(31)23-39)18-32(52)58-27-12-8-9-13-27/h7,11,14-15,19,25-27,31H,3-6,8-10,12-13,16-18,20-23H2,1-2H3,(H,49,53)(H,50,55)/b11-7-/t25-,26-,31+,39+,40-/m1/s1. The van der Waals surface area contributed by atoms with Crippen LogP contribution in [-0.4, -0.2) is 82.9 Å². The van der Waals surface area contributed by atoms with Crippen LogP contribution in [0.2, 0.25) is 0 Å². The summed E-state index contributed by atoms with van der Waals surface area (Å²) >= 11 is 0. The number of sulfonamides is 1. The first-order valence-corrected chi connectivity index (χ1v) is 22.4. The number of amides is 3. The van der Waals surface area contributed by atoms with E-state index in [1.165, 1.54) is 13.8 Å². The fourth-order valence-corrected chi connectivity index (χ4v) is 10.9. The van der Waals surface area contributed by atoms with Gasteiger partial charge in [0.2, 0.25) is 21.8 Å². The van der Waals surface area contributed by atoms with Crippen LogP contribution in [0.4, 0.5) is 22.0 Å². The molecule has 2 aromatic rings. The number of carbonyl (C=O) groups is 4. The van der Waals surface area contributed by atoms with Crippen molar-refractivity contribution in [2.45, 2.75) is 150 Å². The number of pyridine rings is 1. The lowest BCUT2D eigenvalue weighted by molar-refractivity contribution is -0.274. The van der Waals surface area contributed by atoms with Gasteiger partial charge >= 0.3 is 12.3 Å². The Morgan fingerprint density at radius 3 is 2.48 bits per heavy atom. The van der Waals surface area contributed by atoms with E-state index in [1.54, 1.807) is 6.08 Å². The Bertz CT molecular complexity index is 2280. The zero-order chi connectivity index (χ0) is 43.8. The molecule has 13 nitrogen and oxygen atoms in total. The monoisotopic (exact) mass is 880 g/mol. The number of ether oxygens (including phenoxy) is 3. The molecule has 0 radical (unpaired) electrons. The Morgan fingerprint density at radius 1 is 1.05 bits per heavy atom. The summed E-state index contributed by atoms with van der Waals surface area (Å²) in [7, 11) is -4.14. The van der Waals surface area contributed by atoms with Crippen LogP contribution in [0.25, 0.3) is 10.9 Å². The first kappa shape index (κ1) is 43.1. The number of rotatable bonds is 7. The van der Waals surface area contributed by atoms with Crippen molar-refractivity contribution in [3.05, 3.63) is 41.6 Å². The minimum Gasteiger partial charge on any atom is -0.483 e. The van der Waals surface area contributed by atoms with Gasteiger partial charge in [-0.3, -0.25) is 23.9 Å². The Kier molecular flexibility index (Phi) is 10.9. The molecule has 4 heterocycles. The molecule has 3 amide bonds. The second kappa shape index (κ2) is 15.4. The van der Waals surface area contributed by atoms with Crippen LogP contribution in [-0.2, 0) is 39.9 Å². The smallest absolute Gasteiger partial charge is 0.483 e. The number of fused-ring (bicyclic) bond motifs is 5. The summed E-state index contributed by atoms with van der Waals surface area (Å²) in [6.45, 7) is 2.34. The molecule has 332 valence electrons. The predicted octanol–water partition coefficient (Wildman–Crippen LogP) is 6.54. The van der Waals surface area contributed by atoms with Crippen molar-refractivity contribution in [2.24, 2.45) is 11.8 Å². The molecule has 3 aliphatic heterocycles. The van der Waals surface area contributed by atoms with Gasteiger partial charge in [-0.2, -0.15) is 0 Å². The van der Waals surface area contributed by atoms with E-state index in [-0.39, 0.29) is 42.0 Å². The number of allylic oxidation sites excluding steroid dienone is 1. The molecule has 5 atom stereocenters. The Hall–Kier alpha value is -4.55. The summed E-state index contributed by atoms with van der Waals surface area (Å²) in [6, 6.07) is 1.36. The number of alkyl halides is 5. The van der Waals surface area contributed by atoms with Crippen LogP contribution >= 0.6 is 0 Å². The number of carbonyl (C=O) groups excluding carboxylic acids is 4. The Labute approximate surface area is 349 Å². The minimum atomic E-state index is -5.11.